The number of ketones is 1. The molecule has 2 atom stereocenters. The average molecular weight is 1660 g/mol. The third-order valence-electron chi connectivity index (χ3n) is 18.3. The number of carbonyl (C=O) groups is 6. The summed E-state index contributed by atoms with van der Waals surface area (Å²) in [5.74, 6) is 1.68. The van der Waals surface area contributed by atoms with Gasteiger partial charge in [-0.25, -0.2) is 14.6 Å². The number of amides is 5. The molecule has 14 rings (SSSR count). The average Bonchev–Trinajstić information content (AvgIpc) is 1.63. The quantitative estimate of drug-likeness (QED) is 0.0286. The molecule has 2 aliphatic heterocycles. The highest BCUT2D eigenvalue weighted by Gasteiger charge is 2.39. The SMILES string of the molecule is C=S(=O)(C1CCN(C(=O)CCc2ccc(Cl)c(C(F)(F)F)c2)C1)C(C)(C)C.Cc1cc(NC(=O)c2ccccc2)n(-c2nc3c(cnn3-c3ccc(C)c(C)c3)c(=O)[nH]2)n1.Cc1nc(C)c(C(=O)N2CC(OCc3nc4ccccc4s3)C2)s1.O=C(NCc1ccc(C(=O)c2ccsc2)s1)C(=O)Nc1ccccc1C(F)(F)F. The molecule has 2 fully saturated rings. The number of thiophene rings is 2. The van der Waals surface area contributed by atoms with Gasteiger partial charge in [0.2, 0.25) is 17.6 Å². The second kappa shape index (κ2) is 35.2. The van der Waals surface area contributed by atoms with E-state index < -0.39 is 55.3 Å². The highest BCUT2D eigenvalue weighted by atomic mass is 35.5. The normalized spacial score (nSPS) is 14.2. The largest absolute Gasteiger partial charge is 0.418 e. The van der Waals surface area contributed by atoms with Crippen LogP contribution in [-0.2, 0) is 60.6 Å². The van der Waals surface area contributed by atoms with Crippen LogP contribution < -0.4 is 21.5 Å². The van der Waals surface area contributed by atoms with Gasteiger partial charge < -0.3 is 30.5 Å². The number of aryl methyl sites for hydroxylation is 6. The van der Waals surface area contributed by atoms with Crippen molar-refractivity contribution < 1.29 is 64.1 Å². The highest BCUT2D eigenvalue weighted by Crippen LogP contribution is 2.37. The fourth-order valence-corrected chi connectivity index (χ4v) is 17.3. The zero-order valence-electron chi connectivity index (χ0n) is 62.1. The van der Waals surface area contributed by atoms with Crippen molar-refractivity contribution in [2.75, 3.05) is 36.8 Å². The Morgan fingerprint density at radius 1 is 0.726 bits per heavy atom. The summed E-state index contributed by atoms with van der Waals surface area (Å²) in [6.07, 6.45) is -6.69. The molecule has 2 unspecified atom stereocenters. The number of aromatic nitrogens is 8. The summed E-state index contributed by atoms with van der Waals surface area (Å²) in [5, 5.41) is 21.2. The van der Waals surface area contributed by atoms with E-state index >= 15 is 0 Å². The summed E-state index contributed by atoms with van der Waals surface area (Å²) >= 11 is 11.3. The molecule has 0 saturated carbocycles. The minimum Gasteiger partial charge on any atom is -0.367 e. The van der Waals surface area contributed by atoms with E-state index in [1.807, 2.05) is 101 Å². The Kier molecular flexibility index (Phi) is 26.0. The molecule has 7 aromatic heterocycles. The van der Waals surface area contributed by atoms with Crippen molar-refractivity contribution in [3.63, 3.8) is 0 Å². The number of thiazole rings is 2. The molecule has 34 heteroatoms. The minimum absolute atomic E-state index is 0.0330. The third-order valence-corrected chi connectivity index (χ3v) is 26.0. The first-order valence-electron chi connectivity index (χ1n) is 35.1. The minimum atomic E-state index is -4.66. The Morgan fingerprint density at radius 3 is 2.12 bits per heavy atom. The first kappa shape index (κ1) is 83.4. The summed E-state index contributed by atoms with van der Waals surface area (Å²) in [4.78, 5) is 108. The van der Waals surface area contributed by atoms with Crippen LogP contribution >= 0.6 is 56.9 Å². The third kappa shape index (κ3) is 20.5. The Morgan fingerprint density at radius 2 is 1.44 bits per heavy atom. The number of hydrogen-bond donors (Lipinski definition) is 4. The van der Waals surface area contributed by atoms with Crippen molar-refractivity contribution in [2.45, 2.75) is 116 Å². The van der Waals surface area contributed by atoms with E-state index in [1.54, 1.807) is 87.1 Å². The van der Waals surface area contributed by atoms with E-state index in [2.05, 4.69) is 52.7 Å². The summed E-state index contributed by atoms with van der Waals surface area (Å²) in [7, 11) is -2.37. The van der Waals surface area contributed by atoms with Crippen molar-refractivity contribution in [3.05, 3.63) is 247 Å². The van der Waals surface area contributed by atoms with Crippen LogP contribution in [0.2, 0.25) is 5.02 Å². The van der Waals surface area contributed by atoms with Gasteiger partial charge in [-0.1, -0.05) is 66.2 Å². The molecule has 22 nitrogen and oxygen atoms in total. The van der Waals surface area contributed by atoms with Crippen LogP contribution in [-0.4, -0.2) is 137 Å². The summed E-state index contributed by atoms with van der Waals surface area (Å²) < 4.78 is 100. The molecule has 2 saturated heterocycles. The van der Waals surface area contributed by atoms with Gasteiger partial charge in [-0.15, -0.1) is 34.0 Å². The van der Waals surface area contributed by atoms with Gasteiger partial charge in [0.1, 0.15) is 21.1 Å². The lowest BCUT2D eigenvalue weighted by atomic mass is 10.1. The molecule has 0 bridgehead atoms. The van der Waals surface area contributed by atoms with Gasteiger partial charge in [0.05, 0.1) is 84.5 Å². The molecule has 9 heterocycles. The van der Waals surface area contributed by atoms with Gasteiger partial charge in [0.15, 0.2) is 5.65 Å². The topological polar surface area (TPSA) is 278 Å². The molecule has 0 spiro atoms. The molecule has 4 N–H and O–H groups in total. The zero-order valence-corrected chi connectivity index (χ0v) is 67.0. The monoisotopic (exact) mass is 1660 g/mol. The summed E-state index contributed by atoms with van der Waals surface area (Å²) in [6, 6.07) is 37.6. The van der Waals surface area contributed by atoms with Crippen LogP contribution in [0.5, 0.6) is 0 Å². The Bertz CT molecular complexity index is 5650. The highest BCUT2D eigenvalue weighted by molar-refractivity contribution is 8.02. The Labute approximate surface area is 666 Å². The number of hydrogen-bond acceptors (Lipinski definition) is 18. The zero-order chi connectivity index (χ0) is 81.4. The number of para-hydroxylation sites is 2. The number of nitrogens with zero attached hydrogens (tertiary/aromatic N) is 9. The van der Waals surface area contributed by atoms with E-state index in [0.717, 1.165) is 72.5 Å². The maximum Gasteiger partial charge on any atom is 0.418 e. The van der Waals surface area contributed by atoms with E-state index in [1.165, 1.54) is 62.5 Å². The van der Waals surface area contributed by atoms with Crippen molar-refractivity contribution in [1.82, 2.24) is 54.6 Å². The number of aromatic amines is 1. The maximum atomic E-state index is 13.0. The number of nitrogens with one attached hydrogen (secondary N) is 4. The number of benzene rings is 5. The van der Waals surface area contributed by atoms with E-state index in [-0.39, 0.29) is 70.8 Å². The first-order valence-corrected chi connectivity index (χ1v) is 40.6. The lowest BCUT2D eigenvalue weighted by Crippen LogP contribution is -2.54. The number of anilines is 2. The van der Waals surface area contributed by atoms with E-state index in [4.69, 9.17) is 16.3 Å². The second-order valence-electron chi connectivity index (χ2n) is 27.4. The molecular formula is C79H76ClF6N13O9S5. The molecule has 5 amide bonds. The van der Waals surface area contributed by atoms with Crippen LogP contribution in [0.15, 0.2) is 161 Å². The molecule has 0 aliphatic carbocycles. The molecule has 590 valence electrons. The lowest BCUT2D eigenvalue weighted by molar-refractivity contribution is -0.138. The first-order chi connectivity index (χ1) is 53.5. The van der Waals surface area contributed by atoms with Gasteiger partial charge in [-0.2, -0.15) is 57.5 Å². The van der Waals surface area contributed by atoms with Crippen LogP contribution in [0.3, 0.4) is 0 Å². The van der Waals surface area contributed by atoms with Crippen molar-refractivity contribution in [1.29, 1.82) is 0 Å². The van der Waals surface area contributed by atoms with E-state index in [0.29, 0.717) is 88.2 Å². The predicted molar refractivity (Wildman–Crippen MR) is 430 cm³/mol. The van der Waals surface area contributed by atoms with Crippen molar-refractivity contribution in [2.24, 2.45) is 0 Å². The number of likely N-dealkylation sites (tertiary alicyclic amines) is 2. The van der Waals surface area contributed by atoms with Gasteiger partial charge in [0.25, 0.3) is 17.4 Å². The van der Waals surface area contributed by atoms with Crippen molar-refractivity contribution >= 4 is 140 Å². The fraction of sp³-hybridized carbons (Fsp3) is 0.278. The van der Waals surface area contributed by atoms with Gasteiger partial charge >= 0.3 is 24.2 Å². The number of carbonyl (C=O) groups excluding carboxylic acids is 6. The van der Waals surface area contributed by atoms with Crippen LogP contribution in [0, 0.1) is 34.6 Å². The Balaban J connectivity index is 0.000000150. The van der Waals surface area contributed by atoms with Gasteiger partial charge in [-0.05, 0) is 185 Å². The maximum absolute atomic E-state index is 13.0. The van der Waals surface area contributed by atoms with Crippen LogP contribution in [0.4, 0.5) is 37.8 Å². The van der Waals surface area contributed by atoms with Gasteiger partial charge in [-0.3, -0.25) is 42.8 Å². The second-order valence-corrected chi connectivity index (χ2v) is 35.4. The number of ether oxygens (including phenoxy) is 1. The molecule has 113 heavy (non-hydrogen) atoms. The van der Waals surface area contributed by atoms with Crippen LogP contribution in [0.1, 0.15) is 123 Å². The van der Waals surface area contributed by atoms with Crippen LogP contribution in [0.25, 0.3) is 32.9 Å². The fourth-order valence-electron chi connectivity index (χ4n) is 11.9. The summed E-state index contributed by atoms with van der Waals surface area (Å²) in [6.45, 7) is 17.9. The number of alkyl halides is 6. The molecule has 5 aromatic carbocycles. The summed E-state index contributed by atoms with van der Waals surface area (Å²) in [5.41, 5.74) is 4.65. The predicted octanol–water partition coefficient (Wildman–Crippen LogP) is 15.6. The Hall–Kier alpha value is -10.6. The van der Waals surface area contributed by atoms with Crippen molar-refractivity contribution in [3.8, 4) is 11.6 Å². The molecule has 2 aliphatic rings. The molecule has 12 aromatic rings. The molecular weight excluding hydrogens is 1580 g/mol. The number of fused-ring (bicyclic) bond motifs is 2. The van der Waals surface area contributed by atoms with Gasteiger partial charge in [0, 0.05) is 70.0 Å². The standard InChI is InChI=1S/C24H21N7O2.C19H25ClF3NO2S.C19H13F3N2O3S2.C17H17N3O2S2/c1-14-9-10-18(11-15(14)2)30-21-19(13-25-30)23(33)28-24(27-21)31-20(12-16(3)29-31)26-22(32)17-7-5-4-6-8-17;1-18(2,3)27(4,26)14-9-10-24(12-14)17(25)8-6-13-5-7-16(20)15(11-13)19(21,22)23;20-19(21,22)13-3-1-2-4-14(13)24-18(27)17(26)23-9-12-5-6-15(29-12)16(25)11-7-8-28-10-11;1-10-16(23-11(2)18-10)17(21)20-7-12(8-20)22-9-15-19-13-5-3-4-6-14(13)24-15/h4-13H,1-3H3,(H,26,32)(H,27,28,33);5,7,11,14H,4,6,8-10,12H2,1-3H3;1-8,10H,9H2,(H,23,26)(H,24,27);3-6,12H,7-9H2,1-2H3. The lowest BCUT2D eigenvalue weighted by Gasteiger charge is -2.38. The van der Waals surface area contributed by atoms with E-state index in [9.17, 15) is 64.1 Å². The molecule has 0 radical (unpaired) electrons. The number of rotatable bonds is 17. The number of halogens is 7. The smallest absolute Gasteiger partial charge is 0.367 e. The number of H-pyrrole nitrogens is 1.